The summed E-state index contributed by atoms with van der Waals surface area (Å²) in [7, 11) is 0. The van der Waals surface area contributed by atoms with Gasteiger partial charge >= 0.3 is 0 Å². The van der Waals surface area contributed by atoms with Crippen molar-refractivity contribution >= 4 is 52.8 Å². The van der Waals surface area contributed by atoms with Crippen LogP contribution in [-0.4, -0.2) is 20.7 Å². The molecule has 2 N–H and O–H groups in total. The Labute approximate surface area is 206 Å². The Morgan fingerprint density at radius 2 is 1.71 bits per heavy atom. The molecule has 4 aromatic rings. The molecule has 3 aromatic carbocycles. The third-order valence-corrected chi connectivity index (χ3v) is 5.91. The number of carbonyl (C=O) groups is 1. The molecule has 168 valence electrons. The molecule has 0 fully saturated rings. The van der Waals surface area contributed by atoms with Gasteiger partial charge in [0.1, 0.15) is 6.04 Å². The first kappa shape index (κ1) is 21.9. The molecule has 0 aliphatic carbocycles. The van der Waals surface area contributed by atoms with E-state index < -0.39 is 0 Å². The van der Waals surface area contributed by atoms with E-state index in [0.717, 1.165) is 22.4 Å². The van der Waals surface area contributed by atoms with Gasteiger partial charge in [0.2, 0.25) is 5.95 Å². The molecular weight excluding hydrogens is 469 g/mol. The van der Waals surface area contributed by atoms with Crippen molar-refractivity contribution in [2.45, 2.75) is 6.04 Å². The van der Waals surface area contributed by atoms with Crippen molar-refractivity contribution in [2.24, 2.45) is 0 Å². The summed E-state index contributed by atoms with van der Waals surface area (Å²) >= 11 is 12.2. The standard InChI is InChI=1S/C26H19Cl2N5O/c27-20-13-10-19(11-14-20)23-16-22(18-7-2-1-3-8-18)29-26-31-25(32-33(23)26)30-24(34)15-12-17-6-4-5-9-21(17)28/h1-16,23H,(H2,29,30,31,32,34)/b15-12+. The highest BCUT2D eigenvalue weighted by Crippen LogP contribution is 2.33. The van der Waals surface area contributed by atoms with Crippen LogP contribution in [0.15, 0.2) is 91.0 Å². The zero-order chi connectivity index (χ0) is 23.5. The fourth-order valence-electron chi connectivity index (χ4n) is 3.66. The average Bonchev–Trinajstić information content (AvgIpc) is 3.26. The van der Waals surface area contributed by atoms with Crippen LogP contribution in [0.3, 0.4) is 0 Å². The minimum absolute atomic E-state index is 0.193. The highest BCUT2D eigenvalue weighted by molar-refractivity contribution is 6.32. The summed E-state index contributed by atoms with van der Waals surface area (Å²) in [6, 6.07) is 24.6. The number of hydrogen-bond acceptors (Lipinski definition) is 4. The summed E-state index contributed by atoms with van der Waals surface area (Å²) < 4.78 is 1.74. The Morgan fingerprint density at radius 3 is 2.47 bits per heavy atom. The first-order valence-electron chi connectivity index (χ1n) is 10.6. The van der Waals surface area contributed by atoms with Crippen LogP contribution >= 0.6 is 23.2 Å². The smallest absolute Gasteiger partial charge is 0.250 e. The number of allylic oxidation sites excluding steroid dienone is 1. The highest BCUT2D eigenvalue weighted by atomic mass is 35.5. The first-order valence-corrected chi connectivity index (χ1v) is 11.3. The zero-order valence-corrected chi connectivity index (χ0v) is 19.3. The van der Waals surface area contributed by atoms with Gasteiger partial charge in [0.15, 0.2) is 0 Å². The quantitative estimate of drug-likeness (QED) is 0.324. The molecule has 5 rings (SSSR count). The molecule has 1 aliphatic rings. The number of nitrogens with one attached hydrogen (secondary N) is 2. The molecule has 0 spiro atoms. The monoisotopic (exact) mass is 487 g/mol. The minimum Gasteiger partial charge on any atom is -0.324 e. The lowest BCUT2D eigenvalue weighted by Crippen LogP contribution is -2.20. The lowest BCUT2D eigenvalue weighted by atomic mass is 10.0. The van der Waals surface area contributed by atoms with Gasteiger partial charge in [0.05, 0.1) is 0 Å². The van der Waals surface area contributed by atoms with Gasteiger partial charge < -0.3 is 5.32 Å². The van der Waals surface area contributed by atoms with Crippen LogP contribution < -0.4 is 10.6 Å². The summed E-state index contributed by atoms with van der Waals surface area (Å²) in [6.07, 6.45) is 5.12. The van der Waals surface area contributed by atoms with Gasteiger partial charge in [-0.3, -0.25) is 10.1 Å². The van der Waals surface area contributed by atoms with Crippen molar-refractivity contribution in [3.63, 3.8) is 0 Å². The summed E-state index contributed by atoms with van der Waals surface area (Å²) in [4.78, 5) is 17.0. The Morgan fingerprint density at radius 1 is 0.971 bits per heavy atom. The number of aromatic nitrogens is 3. The van der Waals surface area contributed by atoms with E-state index in [1.807, 2.05) is 72.8 Å². The van der Waals surface area contributed by atoms with E-state index in [2.05, 4.69) is 26.8 Å². The number of amides is 1. The molecule has 1 aliphatic heterocycles. The third kappa shape index (κ3) is 4.73. The van der Waals surface area contributed by atoms with Gasteiger partial charge in [-0.25, -0.2) is 4.68 Å². The molecule has 0 radical (unpaired) electrons. The Balaban J connectivity index is 1.43. The molecular formula is C26H19Cl2N5O. The molecule has 6 nitrogen and oxygen atoms in total. The van der Waals surface area contributed by atoms with Crippen molar-refractivity contribution in [1.29, 1.82) is 0 Å². The fraction of sp³-hybridized carbons (Fsp3) is 0.0385. The van der Waals surface area contributed by atoms with Gasteiger partial charge in [0, 0.05) is 21.8 Å². The van der Waals surface area contributed by atoms with Crippen LogP contribution in [0.5, 0.6) is 0 Å². The van der Waals surface area contributed by atoms with E-state index in [4.69, 9.17) is 23.2 Å². The first-order chi connectivity index (χ1) is 16.6. The maximum Gasteiger partial charge on any atom is 0.250 e. The largest absolute Gasteiger partial charge is 0.324 e. The van der Waals surface area contributed by atoms with Gasteiger partial charge in [-0.1, -0.05) is 83.9 Å². The fourth-order valence-corrected chi connectivity index (χ4v) is 3.98. The van der Waals surface area contributed by atoms with Crippen LogP contribution in [0.2, 0.25) is 10.0 Å². The number of carbonyl (C=O) groups excluding carboxylic acids is 1. The predicted octanol–water partition coefficient (Wildman–Crippen LogP) is 6.29. The highest BCUT2D eigenvalue weighted by Gasteiger charge is 2.25. The second-order valence-electron chi connectivity index (χ2n) is 7.62. The lowest BCUT2D eigenvalue weighted by Gasteiger charge is -2.24. The van der Waals surface area contributed by atoms with Gasteiger partial charge in [-0.05, 0) is 47.0 Å². The topological polar surface area (TPSA) is 71.8 Å². The number of anilines is 2. The summed E-state index contributed by atoms with van der Waals surface area (Å²) in [6.45, 7) is 0. The Kier molecular flexibility index (Phi) is 6.16. The molecule has 1 amide bonds. The van der Waals surface area contributed by atoms with E-state index in [1.54, 1.807) is 16.8 Å². The summed E-state index contributed by atoms with van der Waals surface area (Å²) in [5.74, 6) is 0.354. The summed E-state index contributed by atoms with van der Waals surface area (Å²) in [5, 5.41) is 11.8. The van der Waals surface area contributed by atoms with E-state index in [0.29, 0.717) is 16.0 Å². The van der Waals surface area contributed by atoms with E-state index in [-0.39, 0.29) is 17.9 Å². The second-order valence-corrected chi connectivity index (χ2v) is 8.46. The average molecular weight is 488 g/mol. The molecule has 1 aromatic heterocycles. The van der Waals surface area contributed by atoms with Gasteiger partial charge in [-0.15, -0.1) is 5.10 Å². The molecule has 2 heterocycles. The summed E-state index contributed by atoms with van der Waals surface area (Å²) in [5.41, 5.74) is 3.65. The number of hydrogen-bond donors (Lipinski definition) is 2. The third-order valence-electron chi connectivity index (χ3n) is 5.32. The van der Waals surface area contributed by atoms with Crippen LogP contribution in [0, 0.1) is 0 Å². The number of halogens is 2. The molecule has 0 bridgehead atoms. The van der Waals surface area contributed by atoms with Crippen molar-refractivity contribution < 1.29 is 4.79 Å². The lowest BCUT2D eigenvalue weighted by molar-refractivity contribution is -0.111. The second kappa shape index (κ2) is 9.55. The maximum atomic E-state index is 12.5. The van der Waals surface area contributed by atoms with Crippen LogP contribution in [-0.2, 0) is 4.79 Å². The van der Waals surface area contributed by atoms with Crippen molar-refractivity contribution in [2.75, 3.05) is 10.6 Å². The SMILES string of the molecule is O=C(/C=C/c1ccccc1Cl)Nc1nc2n(n1)C(c1ccc(Cl)cc1)C=C(c1ccccc1)N2. The minimum atomic E-state index is -0.359. The predicted molar refractivity (Wildman–Crippen MR) is 137 cm³/mol. The van der Waals surface area contributed by atoms with Gasteiger partial charge in [-0.2, -0.15) is 4.98 Å². The molecule has 0 saturated carbocycles. The van der Waals surface area contributed by atoms with Crippen LogP contribution in [0.25, 0.3) is 11.8 Å². The van der Waals surface area contributed by atoms with Gasteiger partial charge in [0.25, 0.3) is 11.9 Å². The maximum absolute atomic E-state index is 12.5. The van der Waals surface area contributed by atoms with Crippen molar-refractivity contribution in [3.05, 3.63) is 118 Å². The van der Waals surface area contributed by atoms with E-state index in [9.17, 15) is 4.79 Å². The zero-order valence-electron chi connectivity index (χ0n) is 17.8. The normalized spacial score (nSPS) is 14.9. The molecule has 0 saturated heterocycles. The van der Waals surface area contributed by atoms with Crippen molar-refractivity contribution in [1.82, 2.24) is 14.8 Å². The number of benzene rings is 3. The molecule has 8 heteroatoms. The Hall–Kier alpha value is -3.87. The number of fused-ring (bicyclic) bond motifs is 1. The number of rotatable bonds is 5. The Bertz CT molecular complexity index is 1390. The molecule has 1 unspecified atom stereocenters. The van der Waals surface area contributed by atoms with E-state index in [1.165, 1.54) is 6.08 Å². The van der Waals surface area contributed by atoms with E-state index >= 15 is 0 Å². The van der Waals surface area contributed by atoms with Crippen LogP contribution in [0.4, 0.5) is 11.9 Å². The molecule has 1 atom stereocenters. The number of nitrogens with zero attached hydrogens (tertiary/aromatic N) is 3. The van der Waals surface area contributed by atoms with Crippen molar-refractivity contribution in [3.8, 4) is 0 Å². The molecule has 34 heavy (non-hydrogen) atoms. The van der Waals surface area contributed by atoms with Crippen LogP contribution in [0.1, 0.15) is 22.7 Å².